The van der Waals surface area contributed by atoms with Crippen LogP contribution in [0.2, 0.25) is 0 Å². The summed E-state index contributed by atoms with van der Waals surface area (Å²) < 4.78 is 0.972. The van der Waals surface area contributed by atoms with Crippen LogP contribution in [0.4, 0.5) is 5.69 Å². The van der Waals surface area contributed by atoms with Gasteiger partial charge in [-0.25, -0.2) is 0 Å². The van der Waals surface area contributed by atoms with Crippen molar-refractivity contribution in [3.8, 4) is 0 Å². The SMILES string of the molecule is CC1CCCN(c2ccc(C(C)NC(=O)c3ccccc3I)cc2)C1. The van der Waals surface area contributed by atoms with E-state index >= 15 is 0 Å². The first-order valence-electron chi connectivity index (χ1n) is 8.95. The van der Waals surface area contributed by atoms with Gasteiger partial charge in [0.2, 0.25) is 0 Å². The number of hydrogen-bond acceptors (Lipinski definition) is 2. The molecule has 0 radical (unpaired) electrons. The first-order chi connectivity index (χ1) is 12.0. The molecule has 4 heteroatoms. The topological polar surface area (TPSA) is 32.3 Å². The highest BCUT2D eigenvalue weighted by Gasteiger charge is 2.17. The summed E-state index contributed by atoms with van der Waals surface area (Å²) >= 11 is 2.20. The molecule has 2 aromatic rings. The predicted octanol–water partition coefficient (Wildman–Crippen LogP) is 5.02. The number of hydrogen-bond donors (Lipinski definition) is 1. The van der Waals surface area contributed by atoms with Crippen molar-refractivity contribution in [3.05, 3.63) is 63.2 Å². The summed E-state index contributed by atoms with van der Waals surface area (Å²) in [5.41, 5.74) is 3.15. The molecule has 1 aliphatic heterocycles. The number of benzene rings is 2. The maximum absolute atomic E-state index is 12.5. The Morgan fingerprint density at radius 2 is 1.92 bits per heavy atom. The lowest BCUT2D eigenvalue weighted by Gasteiger charge is -2.33. The molecule has 0 saturated carbocycles. The van der Waals surface area contributed by atoms with Crippen molar-refractivity contribution in [3.63, 3.8) is 0 Å². The van der Waals surface area contributed by atoms with E-state index in [0.29, 0.717) is 0 Å². The molecule has 0 spiro atoms. The van der Waals surface area contributed by atoms with Gasteiger partial charge in [0.1, 0.15) is 0 Å². The lowest BCUT2D eigenvalue weighted by molar-refractivity contribution is 0.0939. The second kappa shape index (κ2) is 8.21. The molecule has 0 aliphatic carbocycles. The smallest absolute Gasteiger partial charge is 0.252 e. The molecule has 1 aliphatic rings. The van der Waals surface area contributed by atoms with Crippen molar-refractivity contribution >= 4 is 34.2 Å². The fourth-order valence-electron chi connectivity index (χ4n) is 3.40. The van der Waals surface area contributed by atoms with E-state index < -0.39 is 0 Å². The van der Waals surface area contributed by atoms with Crippen LogP contribution in [-0.2, 0) is 0 Å². The molecule has 1 N–H and O–H groups in total. The summed E-state index contributed by atoms with van der Waals surface area (Å²) in [5, 5.41) is 3.10. The number of anilines is 1. The zero-order valence-corrected chi connectivity index (χ0v) is 17.0. The lowest BCUT2D eigenvalue weighted by atomic mass is 9.99. The van der Waals surface area contributed by atoms with Crippen molar-refractivity contribution < 1.29 is 4.79 Å². The zero-order valence-electron chi connectivity index (χ0n) is 14.8. The number of nitrogens with zero attached hydrogens (tertiary/aromatic N) is 1. The molecule has 3 nitrogen and oxygen atoms in total. The Labute approximate surface area is 164 Å². The zero-order chi connectivity index (χ0) is 17.8. The summed E-state index contributed by atoms with van der Waals surface area (Å²) in [5.74, 6) is 0.742. The second-order valence-electron chi connectivity index (χ2n) is 6.96. The average molecular weight is 448 g/mol. The van der Waals surface area contributed by atoms with Gasteiger partial charge in [-0.2, -0.15) is 0 Å². The molecular formula is C21H25IN2O. The van der Waals surface area contributed by atoms with Crippen LogP contribution in [0.3, 0.4) is 0 Å². The molecule has 1 fully saturated rings. The molecule has 25 heavy (non-hydrogen) atoms. The van der Waals surface area contributed by atoms with E-state index in [9.17, 15) is 4.79 Å². The standard InChI is InChI=1S/C21H25IN2O/c1-15-6-5-13-24(14-15)18-11-9-17(10-12-18)16(2)23-21(25)19-7-3-4-8-20(19)22/h3-4,7-12,15-16H,5-6,13-14H2,1-2H3,(H,23,25). The minimum absolute atomic E-state index is 0.0159. The number of nitrogens with one attached hydrogen (secondary N) is 1. The van der Waals surface area contributed by atoms with Gasteiger partial charge >= 0.3 is 0 Å². The normalized spacial score (nSPS) is 18.7. The molecular weight excluding hydrogens is 423 g/mol. The molecule has 2 unspecified atom stereocenters. The highest BCUT2D eigenvalue weighted by Crippen LogP contribution is 2.25. The minimum atomic E-state index is -0.0218. The molecule has 132 valence electrons. The first kappa shape index (κ1) is 18.2. The minimum Gasteiger partial charge on any atom is -0.371 e. The third-order valence-corrected chi connectivity index (χ3v) is 5.82. The van der Waals surface area contributed by atoms with Gasteiger partial charge in [0, 0.05) is 22.3 Å². The Hall–Kier alpha value is -1.56. The van der Waals surface area contributed by atoms with Crippen LogP contribution in [0.5, 0.6) is 0 Å². The van der Waals surface area contributed by atoms with E-state index in [1.54, 1.807) is 0 Å². The molecule has 1 amide bonds. The predicted molar refractivity (Wildman–Crippen MR) is 112 cm³/mol. The van der Waals surface area contributed by atoms with E-state index in [2.05, 4.69) is 64.0 Å². The monoisotopic (exact) mass is 448 g/mol. The van der Waals surface area contributed by atoms with Gasteiger partial charge in [0.15, 0.2) is 0 Å². The quantitative estimate of drug-likeness (QED) is 0.667. The van der Waals surface area contributed by atoms with Crippen molar-refractivity contribution in [2.75, 3.05) is 18.0 Å². The third kappa shape index (κ3) is 4.54. The molecule has 1 heterocycles. The van der Waals surface area contributed by atoms with Crippen molar-refractivity contribution in [2.45, 2.75) is 32.7 Å². The molecule has 2 aromatic carbocycles. The fourth-order valence-corrected chi connectivity index (χ4v) is 4.03. The number of halogens is 1. The van der Waals surface area contributed by atoms with Crippen molar-refractivity contribution in [2.24, 2.45) is 5.92 Å². The summed E-state index contributed by atoms with van der Waals surface area (Å²) in [7, 11) is 0. The maximum Gasteiger partial charge on any atom is 0.252 e. The van der Waals surface area contributed by atoms with Gasteiger partial charge in [0.25, 0.3) is 5.91 Å². The van der Waals surface area contributed by atoms with E-state index in [4.69, 9.17) is 0 Å². The Balaban J connectivity index is 1.65. The third-order valence-electron chi connectivity index (χ3n) is 4.88. The Bertz CT molecular complexity index is 729. The van der Waals surface area contributed by atoms with Crippen LogP contribution >= 0.6 is 22.6 Å². The summed E-state index contributed by atoms with van der Waals surface area (Å²) in [6.07, 6.45) is 2.60. The van der Waals surface area contributed by atoms with Gasteiger partial charge in [0.05, 0.1) is 11.6 Å². The van der Waals surface area contributed by atoms with E-state index in [-0.39, 0.29) is 11.9 Å². The second-order valence-corrected chi connectivity index (χ2v) is 8.12. The largest absolute Gasteiger partial charge is 0.371 e. The summed E-state index contributed by atoms with van der Waals surface area (Å²) in [4.78, 5) is 14.9. The molecule has 0 aromatic heterocycles. The summed E-state index contributed by atoms with van der Waals surface area (Å²) in [6, 6.07) is 16.3. The molecule has 1 saturated heterocycles. The maximum atomic E-state index is 12.5. The molecule has 3 rings (SSSR count). The number of carbonyl (C=O) groups is 1. The van der Waals surface area contributed by atoms with Gasteiger partial charge in [-0.3, -0.25) is 4.79 Å². The molecule has 0 bridgehead atoms. The van der Waals surface area contributed by atoms with E-state index in [1.807, 2.05) is 31.2 Å². The van der Waals surface area contributed by atoms with Crippen molar-refractivity contribution in [1.29, 1.82) is 0 Å². The Kier molecular flexibility index (Phi) is 5.99. The Morgan fingerprint density at radius 1 is 1.20 bits per heavy atom. The van der Waals surface area contributed by atoms with Crippen LogP contribution in [0, 0.1) is 9.49 Å². The van der Waals surface area contributed by atoms with E-state index in [1.165, 1.54) is 18.5 Å². The number of rotatable bonds is 4. The van der Waals surface area contributed by atoms with Crippen molar-refractivity contribution in [1.82, 2.24) is 5.32 Å². The highest BCUT2D eigenvalue weighted by atomic mass is 127. The Morgan fingerprint density at radius 3 is 2.60 bits per heavy atom. The van der Waals surface area contributed by atoms with Crippen LogP contribution < -0.4 is 10.2 Å². The highest BCUT2D eigenvalue weighted by molar-refractivity contribution is 14.1. The van der Waals surface area contributed by atoms with Gasteiger partial charge in [-0.1, -0.05) is 31.2 Å². The average Bonchev–Trinajstić information content (AvgIpc) is 2.62. The fraction of sp³-hybridized carbons (Fsp3) is 0.381. The summed E-state index contributed by atoms with van der Waals surface area (Å²) in [6.45, 7) is 6.63. The molecule has 2 atom stereocenters. The van der Waals surface area contributed by atoms with Gasteiger partial charge < -0.3 is 10.2 Å². The first-order valence-corrected chi connectivity index (χ1v) is 10.0. The van der Waals surface area contributed by atoms with Crippen LogP contribution in [0.1, 0.15) is 48.7 Å². The van der Waals surface area contributed by atoms with Gasteiger partial charge in [-0.15, -0.1) is 0 Å². The van der Waals surface area contributed by atoms with E-state index in [0.717, 1.165) is 33.7 Å². The van der Waals surface area contributed by atoms with Crippen LogP contribution in [0.25, 0.3) is 0 Å². The number of carbonyl (C=O) groups excluding carboxylic acids is 1. The van der Waals surface area contributed by atoms with Crippen LogP contribution in [0.15, 0.2) is 48.5 Å². The van der Waals surface area contributed by atoms with Gasteiger partial charge in [-0.05, 0) is 78.1 Å². The number of amides is 1. The van der Waals surface area contributed by atoms with Crippen LogP contribution in [-0.4, -0.2) is 19.0 Å². The number of piperidine rings is 1. The lowest BCUT2D eigenvalue weighted by Crippen LogP contribution is -2.34.